The largest absolute Gasteiger partial charge is 0.465 e. The number of esters is 1. The van der Waals surface area contributed by atoms with Gasteiger partial charge >= 0.3 is 5.97 Å². The summed E-state index contributed by atoms with van der Waals surface area (Å²) in [6.07, 6.45) is 4.07. The Balaban J connectivity index is 3.26. The molecule has 3 nitrogen and oxygen atoms in total. The fourth-order valence-corrected chi connectivity index (χ4v) is 1.13. The van der Waals surface area contributed by atoms with Gasteiger partial charge in [-0.15, -0.1) is 0 Å². The van der Waals surface area contributed by atoms with Gasteiger partial charge in [0, 0.05) is 11.8 Å². The summed E-state index contributed by atoms with van der Waals surface area (Å²) in [7, 11) is 0. The maximum Gasteiger partial charge on any atom is 0.319 e. The van der Waals surface area contributed by atoms with Crippen LogP contribution in [-0.4, -0.2) is 37.2 Å². The SMILES string of the molecule is CCCCOC(=O)CNCC(C)SC. The molecule has 0 aromatic heterocycles. The van der Waals surface area contributed by atoms with Crippen LogP contribution in [0.25, 0.3) is 0 Å². The third kappa shape index (κ3) is 8.38. The fraction of sp³-hybridized carbons (Fsp3) is 0.900. The molecule has 0 bridgehead atoms. The lowest BCUT2D eigenvalue weighted by molar-refractivity contribution is -0.142. The average Bonchev–Trinajstić information content (AvgIpc) is 2.18. The molecule has 0 aliphatic rings. The van der Waals surface area contributed by atoms with Gasteiger partial charge in [0.15, 0.2) is 0 Å². The molecule has 0 rings (SSSR count). The summed E-state index contributed by atoms with van der Waals surface area (Å²) in [4.78, 5) is 11.1. The van der Waals surface area contributed by atoms with Gasteiger partial charge in [0.25, 0.3) is 0 Å². The summed E-state index contributed by atoms with van der Waals surface area (Å²) in [5.74, 6) is -0.147. The van der Waals surface area contributed by atoms with Gasteiger partial charge in [0.2, 0.25) is 0 Å². The van der Waals surface area contributed by atoms with Crippen molar-refractivity contribution in [3.8, 4) is 0 Å². The van der Waals surface area contributed by atoms with Crippen LogP contribution in [0.4, 0.5) is 0 Å². The van der Waals surface area contributed by atoms with E-state index in [0.29, 0.717) is 18.4 Å². The predicted octanol–water partition coefficient (Wildman–Crippen LogP) is 1.67. The van der Waals surface area contributed by atoms with Crippen molar-refractivity contribution < 1.29 is 9.53 Å². The number of hydrogen-bond donors (Lipinski definition) is 1. The van der Waals surface area contributed by atoms with Crippen LogP contribution in [-0.2, 0) is 9.53 Å². The molecule has 0 spiro atoms. The van der Waals surface area contributed by atoms with E-state index in [1.54, 1.807) is 11.8 Å². The quantitative estimate of drug-likeness (QED) is 0.498. The van der Waals surface area contributed by atoms with Gasteiger partial charge in [-0.3, -0.25) is 4.79 Å². The van der Waals surface area contributed by atoms with Crippen LogP contribution in [0.15, 0.2) is 0 Å². The molecule has 0 radical (unpaired) electrons. The topological polar surface area (TPSA) is 38.3 Å². The zero-order valence-electron chi connectivity index (χ0n) is 9.34. The van der Waals surface area contributed by atoms with Crippen LogP contribution in [0.3, 0.4) is 0 Å². The first-order chi connectivity index (χ1) is 6.70. The molecule has 14 heavy (non-hydrogen) atoms. The van der Waals surface area contributed by atoms with Crippen molar-refractivity contribution in [2.24, 2.45) is 0 Å². The Morgan fingerprint density at radius 1 is 1.57 bits per heavy atom. The summed E-state index contributed by atoms with van der Waals surface area (Å²) in [6.45, 7) is 5.93. The smallest absolute Gasteiger partial charge is 0.319 e. The molecule has 0 aromatic rings. The normalized spacial score (nSPS) is 12.5. The molecular formula is C10H21NO2S. The van der Waals surface area contributed by atoms with E-state index in [1.807, 2.05) is 0 Å². The van der Waals surface area contributed by atoms with Gasteiger partial charge < -0.3 is 10.1 Å². The lowest BCUT2D eigenvalue weighted by atomic mass is 10.4. The summed E-state index contributed by atoms with van der Waals surface area (Å²) in [5, 5.41) is 3.61. The van der Waals surface area contributed by atoms with E-state index in [0.717, 1.165) is 19.4 Å². The molecule has 0 amide bonds. The number of hydrogen-bond acceptors (Lipinski definition) is 4. The van der Waals surface area contributed by atoms with Crippen LogP contribution in [0.2, 0.25) is 0 Å². The highest BCUT2D eigenvalue weighted by molar-refractivity contribution is 7.99. The number of carbonyl (C=O) groups is 1. The van der Waals surface area contributed by atoms with Crippen LogP contribution in [0.1, 0.15) is 26.7 Å². The minimum absolute atomic E-state index is 0.147. The number of ether oxygens (including phenoxy) is 1. The fourth-order valence-electron chi connectivity index (χ4n) is 0.842. The second kappa shape index (κ2) is 9.34. The van der Waals surface area contributed by atoms with Gasteiger partial charge in [0.05, 0.1) is 13.2 Å². The van der Waals surface area contributed by atoms with Gasteiger partial charge in [-0.1, -0.05) is 20.3 Å². The molecule has 1 atom stereocenters. The number of thioether (sulfide) groups is 1. The second-order valence-corrected chi connectivity index (χ2v) is 4.53. The van der Waals surface area contributed by atoms with Crippen LogP contribution in [0.5, 0.6) is 0 Å². The van der Waals surface area contributed by atoms with Gasteiger partial charge in [-0.2, -0.15) is 11.8 Å². The van der Waals surface area contributed by atoms with Crippen molar-refractivity contribution in [3.05, 3.63) is 0 Å². The minimum atomic E-state index is -0.147. The summed E-state index contributed by atoms with van der Waals surface area (Å²) in [5.41, 5.74) is 0. The van der Waals surface area contributed by atoms with Gasteiger partial charge in [-0.25, -0.2) is 0 Å². The first-order valence-electron chi connectivity index (χ1n) is 5.09. The highest BCUT2D eigenvalue weighted by atomic mass is 32.2. The summed E-state index contributed by atoms with van der Waals surface area (Å²) < 4.78 is 4.99. The van der Waals surface area contributed by atoms with E-state index in [1.165, 1.54) is 0 Å². The number of rotatable bonds is 8. The molecule has 0 aliphatic carbocycles. The number of nitrogens with one attached hydrogen (secondary N) is 1. The van der Waals surface area contributed by atoms with Crippen LogP contribution < -0.4 is 5.32 Å². The van der Waals surface area contributed by atoms with E-state index in [9.17, 15) is 4.79 Å². The molecule has 1 N–H and O–H groups in total. The molecule has 0 aromatic carbocycles. The predicted molar refractivity (Wildman–Crippen MR) is 61.7 cm³/mol. The Kier molecular flexibility index (Phi) is 9.19. The Hall–Kier alpha value is -0.220. The molecular weight excluding hydrogens is 198 g/mol. The Labute approximate surface area is 91.0 Å². The Bertz CT molecular complexity index is 153. The van der Waals surface area contributed by atoms with Crippen molar-refractivity contribution in [2.45, 2.75) is 31.9 Å². The van der Waals surface area contributed by atoms with Crippen molar-refractivity contribution in [3.63, 3.8) is 0 Å². The molecule has 1 unspecified atom stereocenters. The molecule has 0 saturated carbocycles. The maximum absolute atomic E-state index is 11.1. The Morgan fingerprint density at radius 2 is 2.29 bits per heavy atom. The van der Waals surface area contributed by atoms with Gasteiger partial charge in [-0.05, 0) is 12.7 Å². The Morgan fingerprint density at radius 3 is 2.86 bits per heavy atom. The van der Waals surface area contributed by atoms with Crippen LogP contribution >= 0.6 is 11.8 Å². The molecule has 0 heterocycles. The average molecular weight is 219 g/mol. The van der Waals surface area contributed by atoms with E-state index in [4.69, 9.17) is 4.74 Å². The molecule has 0 aliphatic heterocycles. The summed E-state index contributed by atoms with van der Waals surface area (Å²) >= 11 is 1.78. The zero-order chi connectivity index (χ0) is 10.8. The minimum Gasteiger partial charge on any atom is -0.465 e. The van der Waals surface area contributed by atoms with Crippen molar-refractivity contribution >= 4 is 17.7 Å². The molecule has 84 valence electrons. The summed E-state index contributed by atoms with van der Waals surface area (Å²) in [6, 6.07) is 0. The standard InChI is InChI=1S/C10H21NO2S/c1-4-5-6-13-10(12)8-11-7-9(2)14-3/h9,11H,4-8H2,1-3H3. The van der Waals surface area contributed by atoms with E-state index < -0.39 is 0 Å². The van der Waals surface area contributed by atoms with E-state index in [-0.39, 0.29) is 5.97 Å². The van der Waals surface area contributed by atoms with Crippen molar-refractivity contribution in [2.75, 3.05) is 26.0 Å². The van der Waals surface area contributed by atoms with E-state index in [2.05, 4.69) is 25.4 Å². The molecule has 0 saturated heterocycles. The lowest BCUT2D eigenvalue weighted by Gasteiger charge is -2.09. The second-order valence-electron chi connectivity index (χ2n) is 3.25. The highest BCUT2D eigenvalue weighted by Gasteiger charge is 2.03. The monoisotopic (exact) mass is 219 g/mol. The third-order valence-electron chi connectivity index (χ3n) is 1.86. The molecule has 0 fully saturated rings. The van der Waals surface area contributed by atoms with E-state index >= 15 is 0 Å². The maximum atomic E-state index is 11.1. The van der Waals surface area contributed by atoms with Crippen molar-refractivity contribution in [1.82, 2.24) is 5.32 Å². The van der Waals surface area contributed by atoms with Crippen molar-refractivity contribution in [1.29, 1.82) is 0 Å². The lowest BCUT2D eigenvalue weighted by Crippen LogP contribution is -2.29. The first-order valence-corrected chi connectivity index (χ1v) is 6.38. The number of carbonyl (C=O) groups excluding carboxylic acids is 1. The van der Waals surface area contributed by atoms with Crippen LogP contribution in [0, 0.1) is 0 Å². The van der Waals surface area contributed by atoms with Gasteiger partial charge in [0.1, 0.15) is 0 Å². The zero-order valence-corrected chi connectivity index (χ0v) is 10.2. The highest BCUT2D eigenvalue weighted by Crippen LogP contribution is 2.01. The third-order valence-corrected chi connectivity index (χ3v) is 2.84. The first kappa shape index (κ1) is 13.8. The molecule has 4 heteroatoms. The number of unbranched alkanes of at least 4 members (excludes halogenated alkanes) is 1.